The van der Waals surface area contributed by atoms with E-state index in [1.165, 1.54) is 64.2 Å². The number of unbranched alkanes of at least 4 members (excludes halogenated alkanes) is 15. The van der Waals surface area contributed by atoms with E-state index in [0.29, 0.717) is 71.1 Å². The minimum Gasteiger partial charge on any atom is -0.354 e. The molecule has 0 saturated heterocycles. The number of amides is 4. The van der Waals surface area contributed by atoms with E-state index in [9.17, 15) is 19.2 Å². The number of allylic oxidation sites excluding steroid dienone is 2. The smallest absolute Gasteiger partial charge is 0.243 e. The van der Waals surface area contributed by atoms with Gasteiger partial charge in [-0.25, -0.2) is 0 Å². The fraction of sp³-hybridized carbons (Fsp3) is 0.857. The normalized spacial score (nSPS) is 13.7. The maximum atomic E-state index is 13.4. The first-order valence-corrected chi connectivity index (χ1v) is 21.9. The van der Waals surface area contributed by atoms with E-state index in [1.807, 2.05) is 6.92 Å². The van der Waals surface area contributed by atoms with Crippen LogP contribution in [0.2, 0.25) is 0 Å². The van der Waals surface area contributed by atoms with E-state index in [2.05, 4.69) is 40.3 Å². The second kappa shape index (κ2) is 37.4. The first-order valence-electron chi connectivity index (χ1n) is 21.9. The van der Waals surface area contributed by atoms with E-state index in [0.717, 1.165) is 57.8 Å². The van der Waals surface area contributed by atoms with Gasteiger partial charge in [-0.1, -0.05) is 76.9 Å². The molecular formula is C42H84N8O4. The molecule has 54 heavy (non-hydrogen) atoms. The van der Waals surface area contributed by atoms with Crippen molar-refractivity contribution in [2.45, 2.75) is 205 Å². The topological polar surface area (TPSA) is 220 Å². The molecule has 0 saturated carbocycles. The van der Waals surface area contributed by atoms with E-state index in [1.54, 1.807) is 0 Å². The lowest BCUT2D eigenvalue weighted by Crippen LogP contribution is -2.55. The molecule has 4 amide bonds. The van der Waals surface area contributed by atoms with Gasteiger partial charge in [-0.3, -0.25) is 19.2 Å². The van der Waals surface area contributed by atoms with Crippen LogP contribution in [0.4, 0.5) is 0 Å². The molecule has 0 bridgehead atoms. The number of nitrogens with one attached hydrogen (secondary N) is 4. The summed E-state index contributed by atoms with van der Waals surface area (Å²) in [7, 11) is 0. The van der Waals surface area contributed by atoms with Crippen molar-refractivity contribution in [3.05, 3.63) is 12.2 Å². The van der Waals surface area contributed by atoms with Crippen molar-refractivity contribution in [3.8, 4) is 0 Å². The van der Waals surface area contributed by atoms with Crippen molar-refractivity contribution in [2.24, 2.45) is 22.9 Å². The summed E-state index contributed by atoms with van der Waals surface area (Å²) in [6.45, 7) is 6.25. The van der Waals surface area contributed by atoms with Gasteiger partial charge >= 0.3 is 0 Å². The van der Waals surface area contributed by atoms with Crippen LogP contribution >= 0.6 is 0 Å². The van der Waals surface area contributed by atoms with E-state index in [4.69, 9.17) is 22.9 Å². The lowest BCUT2D eigenvalue weighted by atomic mass is 10.0. The number of rotatable bonds is 38. The van der Waals surface area contributed by atoms with Crippen LogP contribution in [0.1, 0.15) is 181 Å². The Morgan fingerprint density at radius 2 is 1.00 bits per heavy atom. The van der Waals surface area contributed by atoms with Crippen LogP contribution in [0.3, 0.4) is 0 Å². The zero-order valence-corrected chi connectivity index (χ0v) is 34.6. The fourth-order valence-corrected chi connectivity index (χ4v) is 6.40. The molecule has 0 rings (SSSR count). The number of nitrogens with two attached hydrogens (primary N) is 4. The lowest BCUT2D eigenvalue weighted by molar-refractivity contribution is -0.132. The monoisotopic (exact) mass is 765 g/mol. The van der Waals surface area contributed by atoms with Crippen LogP contribution in [0, 0.1) is 0 Å². The van der Waals surface area contributed by atoms with Crippen molar-refractivity contribution in [2.75, 3.05) is 26.2 Å². The SMILES string of the molecule is CCCCCCCC/C=C\CCCCCCCC(=O)NC(C)CCCCNC(=O)C(CCCCN)NC(=O)C(CCCCN)NC(=O)C(N)CCCCN. The lowest BCUT2D eigenvalue weighted by Gasteiger charge is -2.24. The van der Waals surface area contributed by atoms with Gasteiger partial charge in [0.1, 0.15) is 12.1 Å². The molecule has 12 heteroatoms. The van der Waals surface area contributed by atoms with Gasteiger partial charge in [0.25, 0.3) is 0 Å². The second-order valence-electron chi connectivity index (χ2n) is 15.2. The molecule has 4 unspecified atom stereocenters. The molecule has 4 atom stereocenters. The van der Waals surface area contributed by atoms with Crippen molar-refractivity contribution >= 4 is 23.6 Å². The molecule has 0 fully saturated rings. The zero-order chi connectivity index (χ0) is 40.1. The van der Waals surface area contributed by atoms with Crippen LogP contribution in [0.5, 0.6) is 0 Å². The predicted molar refractivity (Wildman–Crippen MR) is 224 cm³/mol. The Labute approximate surface area is 329 Å². The molecule has 0 aliphatic carbocycles. The van der Waals surface area contributed by atoms with Gasteiger partial charge in [-0.2, -0.15) is 0 Å². The first-order chi connectivity index (χ1) is 26.2. The predicted octanol–water partition coefficient (Wildman–Crippen LogP) is 5.50. The Hall–Kier alpha value is -2.54. The Bertz CT molecular complexity index is 967. The molecule has 0 aromatic rings. The highest BCUT2D eigenvalue weighted by molar-refractivity contribution is 5.93. The van der Waals surface area contributed by atoms with Gasteiger partial charge in [-0.15, -0.1) is 0 Å². The standard InChI is InChI=1S/C42H84N8O4/c1-3-4-5-6-7-8-9-10-11-12-13-14-15-16-17-30-39(51)48-35(2)26-21-25-34-47-41(53)37(28-19-23-32-44)50-42(54)38(29-20-24-33-45)49-40(52)36(46)27-18-22-31-43/h10-11,35-38H,3-9,12-34,43-46H2,1-2H3,(H,47,53)(H,48,51)(H,49,52)(H,50,54)/b11-10-. The van der Waals surface area contributed by atoms with Crippen molar-refractivity contribution < 1.29 is 19.2 Å². The van der Waals surface area contributed by atoms with Crippen LogP contribution in [-0.4, -0.2) is 74.0 Å². The van der Waals surface area contributed by atoms with Crippen LogP contribution < -0.4 is 44.2 Å². The van der Waals surface area contributed by atoms with Gasteiger partial charge < -0.3 is 44.2 Å². The fourth-order valence-electron chi connectivity index (χ4n) is 6.40. The molecule has 0 aliphatic rings. The number of hydrogen-bond acceptors (Lipinski definition) is 8. The van der Waals surface area contributed by atoms with Crippen LogP contribution in [0.15, 0.2) is 12.2 Å². The number of carbonyl (C=O) groups excluding carboxylic acids is 4. The summed E-state index contributed by atoms with van der Waals surface area (Å²) < 4.78 is 0. The van der Waals surface area contributed by atoms with Crippen LogP contribution in [0.25, 0.3) is 0 Å². The average molecular weight is 765 g/mol. The van der Waals surface area contributed by atoms with Gasteiger partial charge in [0, 0.05) is 19.0 Å². The summed E-state index contributed by atoms with van der Waals surface area (Å²) in [5, 5.41) is 11.8. The Morgan fingerprint density at radius 3 is 1.57 bits per heavy atom. The third-order valence-electron chi connectivity index (χ3n) is 9.90. The molecule has 316 valence electrons. The highest BCUT2D eigenvalue weighted by Gasteiger charge is 2.27. The summed E-state index contributed by atoms with van der Waals surface area (Å²) in [5.74, 6) is -0.950. The minimum absolute atomic E-state index is 0.0693. The maximum Gasteiger partial charge on any atom is 0.243 e. The third-order valence-corrected chi connectivity index (χ3v) is 9.90. The van der Waals surface area contributed by atoms with E-state index < -0.39 is 29.9 Å². The van der Waals surface area contributed by atoms with Gasteiger partial charge in [0.15, 0.2) is 0 Å². The molecule has 12 nitrogen and oxygen atoms in total. The van der Waals surface area contributed by atoms with Gasteiger partial charge in [-0.05, 0) is 129 Å². The molecule has 12 N–H and O–H groups in total. The van der Waals surface area contributed by atoms with Crippen molar-refractivity contribution in [1.82, 2.24) is 21.3 Å². The molecule has 0 spiro atoms. The minimum atomic E-state index is -0.817. The molecule has 0 radical (unpaired) electrons. The summed E-state index contributed by atoms with van der Waals surface area (Å²) in [6.07, 6.45) is 29.4. The summed E-state index contributed by atoms with van der Waals surface area (Å²) in [4.78, 5) is 51.8. The highest BCUT2D eigenvalue weighted by Crippen LogP contribution is 2.11. The Balaban J connectivity index is 4.45. The molecule has 0 aliphatic heterocycles. The molecule has 0 aromatic carbocycles. The molecule has 0 aromatic heterocycles. The van der Waals surface area contributed by atoms with Crippen molar-refractivity contribution in [3.63, 3.8) is 0 Å². The van der Waals surface area contributed by atoms with E-state index >= 15 is 0 Å². The first kappa shape index (κ1) is 51.5. The third kappa shape index (κ3) is 30.7. The highest BCUT2D eigenvalue weighted by atomic mass is 16.2. The Kier molecular flexibility index (Phi) is 35.6. The van der Waals surface area contributed by atoms with Crippen LogP contribution in [-0.2, 0) is 19.2 Å². The van der Waals surface area contributed by atoms with Crippen molar-refractivity contribution in [1.29, 1.82) is 0 Å². The summed E-state index contributed by atoms with van der Waals surface area (Å²) in [5.41, 5.74) is 23.0. The zero-order valence-electron chi connectivity index (χ0n) is 34.6. The largest absolute Gasteiger partial charge is 0.354 e. The maximum absolute atomic E-state index is 13.4. The quantitative estimate of drug-likeness (QED) is 0.0296. The number of hydrogen-bond donors (Lipinski definition) is 8. The van der Waals surface area contributed by atoms with Gasteiger partial charge in [0.2, 0.25) is 23.6 Å². The second-order valence-corrected chi connectivity index (χ2v) is 15.2. The average Bonchev–Trinajstić information content (AvgIpc) is 3.15. The number of carbonyl (C=O) groups is 4. The molecule has 0 heterocycles. The molecular weight excluding hydrogens is 681 g/mol. The summed E-state index contributed by atoms with van der Waals surface area (Å²) in [6, 6.07) is -2.23. The van der Waals surface area contributed by atoms with Gasteiger partial charge in [0.05, 0.1) is 6.04 Å². The Morgan fingerprint density at radius 1 is 0.519 bits per heavy atom. The summed E-state index contributed by atoms with van der Waals surface area (Å²) >= 11 is 0. The van der Waals surface area contributed by atoms with E-state index in [-0.39, 0.29) is 17.9 Å².